The van der Waals surface area contributed by atoms with Crippen LogP contribution in [0.25, 0.3) is 22.5 Å². The van der Waals surface area contributed by atoms with Crippen LogP contribution in [-0.4, -0.2) is 5.16 Å². The van der Waals surface area contributed by atoms with Gasteiger partial charge in [-0.25, -0.2) is 4.39 Å². The van der Waals surface area contributed by atoms with Crippen LogP contribution >= 0.6 is 23.2 Å². The standard InChI is InChI=1S/C15H9Cl2FN2O/c16-8-5-6-9(11(17)7-8)13-14(21-20-15(13)19)10-3-1-2-4-12(10)18/h1-7H,(H2,19,20). The lowest BCUT2D eigenvalue weighted by Gasteiger charge is -2.06. The van der Waals surface area contributed by atoms with E-state index in [1.54, 1.807) is 36.4 Å². The molecule has 2 N–H and O–H groups in total. The smallest absolute Gasteiger partial charge is 0.179 e. The van der Waals surface area contributed by atoms with Crippen LogP contribution in [-0.2, 0) is 0 Å². The second kappa shape index (κ2) is 5.39. The highest BCUT2D eigenvalue weighted by Crippen LogP contribution is 2.41. The summed E-state index contributed by atoms with van der Waals surface area (Å²) in [6.07, 6.45) is 0. The van der Waals surface area contributed by atoms with Gasteiger partial charge >= 0.3 is 0 Å². The summed E-state index contributed by atoms with van der Waals surface area (Å²) in [6, 6.07) is 11.1. The molecule has 0 saturated carbocycles. The fourth-order valence-corrected chi connectivity index (χ4v) is 2.59. The zero-order valence-electron chi connectivity index (χ0n) is 10.6. The van der Waals surface area contributed by atoms with Gasteiger partial charge in [0.25, 0.3) is 0 Å². The van der Waals surface area contributed by atoms with Crippen LogP contribution in [0.3, 0.4) is 0 Å². The van der Waals surface area contributed by atoms with Gasteiger partial charge in [-0.15, -0.1) is 0 Å². The molecule has 0 fully saturated rings. The lowest BCUT2D eigenvalue weighted by atomic mass is 10.0. The molecule has 106 valence electrons. The SMILES string of the molecule is Nc1noc(-c2ccccc2F)c1-c1ccc(Cl)cc1Cl. The topological polar surface area (TPSA) is 52.0 Å². The number of hydrogen-bond donors (Lipinski definition) is 1. The number of nitrogen functional groups attached to an aromatic ring is 1. The van der Waals surface area contributed by atoms with E-state index in [2.05, 4.69) is 5.16 Å². The second-order valence-corrected chi connectivity index (χ2v) is 5.22. The van der Waals surface area contributed by atoms with E-state index in [0.29, 0.717) is 21.2 Å². The molecule has 0 spiro atoms. The summed E-state index contributed by atoms with van der Waals surface area (Å²) in [4.78, 5) is 0. The van der Waals surface area contributed by atoms with Crippen LogP contribution in [0.2, 0.25) is 10.0 Å². The van der Waals surface area contributed by atoms with Crippen molar-refractivity contribution in [2.24, 2.45) is 0 Å². The van der Waals surface area contributed by atoms with Crippen molar-refractivity contribution in [3.8, 4) is 22.5 Å². The minimum atomic E-state index is -0.431. The van der Waals surface area contributed by atoms with E-state index in [4.69, 9.17) is 33.5 Å². The van der Waals surface area contributed by atoms with Crippen LogP contribution in [0.1, 0.15) is 0 Å². The minimum absolute atomic E-state index is 0.137. The normalized spacial score (nSPS) is 10.8. The molecule has 0 radical (unpaired) electrons. The van der Waals surface area contributed by atoms with Gasteiger partial charge in [0.1, 0.15) is 5.82 Å². The van der Waals surface area contributed by atoms with Crippen molar-refractivity contribution in [3.05, 3.63) is 58.3 Å². The van der Waals surface area contributed by atoms with Gasteiger partial charge in [0.15, 0.2) is 11.6 Å². The average molecular weight is 323 g/mol. The van der Waals surface area contributed by atoms with E-state index >= 15 is 0 Å². The van der Waals surface area contributed by atoms with Crippen LogP contribution in [0.15, 0.2) is 47.0 Å². The van der Waals surface area contributed by atoms with Gasteiger partial charge in [0.2, 0.25) is 0 Å². The number of halogens is 3. The summed E-state index contributed by atoms with van der Waals surface area (Å²) < 4.78 is 19.2. The molecule has 0 aliphatic rings. The first-order chi connectivity index (χ1) is 10.1. The molecule has 0 aliphatic heterocycles. The fourth-order valence-electron chi connectivity index (χ4n) is 2.08. The van der Waals surface area contributed by atoms with Gasteiger partial charge in [-0.1, -0.05) is 46.6 Å². The molecular formula is C15H9Cl2FN2O. The average Bonchev–Trinajstić information content (AvgIpc) is 2.81. The lowest BCUT2D eigenvalue weighted by molar-refractivity contribution is 0.433. The number of anilines is 1. The Bertz CT molecular complexity index is 817. The molecule has 0 aliphatic carbocycles. The minimum Gasteiger partial charge on any atom is -0.380 e. The summed E-state index contributed by atoms with van der Waals surface area (Å²) >= 11 is 12.1. The van der Waals surface area contributed by atoms with Crippen molar-refractivity contribution in [3.63, 3.8) is 0 Å². The van der Waals surface area contributed by atoms with E-state index < -0.39 is 5.82 Å². The highest BCUT2D eigenvalue weighted by molar-refractivity contribution is 6.36. The Morgan fingerprint density at radius 1 is 1.05 bits per heavy atom. The van der Waals surface area contributed by atoms with Gasteiger partial charge in [-0.05, 0) is 24.3 Å². The summed E-state index contributed by atoms with van der Waals surface area (Å²) in [5.41, 5.74) is 7.14. The van der Waals surface area contributed by atoms with Crippen LogP contribution in [0.4, 0.5) is 10.2 Å². The third-order valence-corrected chi connectivity index (χ3v) is 3.59. The Morgan fingerprint density at radius 2 is 1.81 bits per heavy atom. The van der Waals surface area contributed by atoms with Crippen LogP contribution in [0.5, 0.6) is 0 Å². The van der Waals surface area contributed by atoms with Crippen molar-refractivity contribution in [2.45, 2.75) is 0 Å². The van der Waals surface area contributed by atoms with E-state index in [1.807, 2.05) is 0 Å². The maximum Gasteiger partial charge on any atom is 0.179 e. The number of aromatic nitrogens is 1. The van der Waals surface area contributed by atoms with E-state index in [1.165, 1.54) is 6.07 Å². The maximum absolute atomic E-state index is 14.0. The summed E-state index contributed by atoms with van der Waals surface area (Å²) in [5.74, 6) is -0.0627. The van der Waals surface area contributed by atoms with Crippen LogP contribution < -0.4 is 5.73 Å². The zero-order chi connectivity index (χ0) is 15.0. The maximum atomic E-state index is 14.0. The highest BCUT2D eigenvalue weighted by atomic mass is 35.5. The van der Waals surface area contributed by atoms with Gasteiger partial charge in [0.05, 0.1) is 16.1 Å². The van der Waals surface area contributed by atoms with Gasteiger partial charge in [0, 0.05) is 10.6 Å². The van der Waals surface area contributed by atoms with Crippen molar-refractivity contribution in [2.75, 3.05) is 5.73 Å². The monoisotopic (exact) mass is 322 g/mol. The summed E-state index contributed by atoms with van der Waals surface area (Å²) in [5, 5.41) is 4.59. The van der Waals surface area contributed by atoms with Crippen molar-refractivity contribution >= 4 is 29.0 Å². The lowest BCUT2D eigenvalue weighted by Crippen LogP contribution is -1.91. The molecule has 0 atom stereocenters. The Kier molecular flexibility index (Phi) is 3.57. The molecule has 2 aromatic carbocycles. The second-order valence-electron chi connectivity index (χ2n) is 4.38. The van der Waals surface area contributed by atoms with Gasteiger partial charge in [-0.2, -0.15) is 0 Å². The van der Waals surface area contributed by atoms with E-state index in [-0.39, 0.29) is 17.1 Å². The molecular weight excluding hydrogens is 314 g/mol. The quantitative estimate of drug-likeness (QED) is 0.719. The molecule has 0 bridgehead atoms. The van der Waals surface area contributed by atoms with Crippen molar-refractivity contribution in [1.82, 2.24) is 5.16 Å². The number of nitrogens with zero attached hydrogens (tertiary/aromatic N) is 1. The molecule has 3 nitrogen and oxygen atoms in total. The number of rotatable bonds is 2. The third-order valence-electron chi connectivity index (χ3n) is 3.04. The van der Waals surface area contributed by atoms with Crippen LogP contribution in [0, 0.1) is 5.82 Å². The Morgan fingerprint density at radius 3 is 2.52 bits per heavy atom. The molecule has 3 aromatic rings. The first-order valence-corrected chi connectivity index (χ1v) is 6.79. The number of hydrogen-bond acceptors (Lipinski definition) is 3. The molecule has 21 heavy (non-hydrogen) atoms. The first kappa shape index (κ1) is 13.9. The van der Waals surface area contributed by atoms with Crippen molar-refractivity contribution in [1.29, 1.82) is 0 Å². The predicted octanol–water partition coefficient (Wildman–Crippen LogP) is 5.04. The summed E-state index contributed by atoms with van der Waals surface area (Å²) in [7, 11) is 0. The number of benzene rings is 2. The Balaban J connectivity index is 2.25. The molecule has 0 saturated heterocycles. The molecule has 6 heteroatoms. The van der Waals surface area contributed by atoms with E-state index in [9.17, 15) is 4.39 Å². The zero-order valence-corrected chi connectivity index (χ0v) is 12.1. The molecule has 1 heterocycles. The Hall–Kier alpha value is -2.04. The predicted molar refractivity (Wildman–Crippen MR) is 81.8 cm³/mol. The molecule has 0 amide bonds. The first-order valence-electron chi connectivity index (χ1n) is 6.03. The van der Waals surface area contributed by atoms with Gasteiger partial charge < -0.3 is 10.3 Å². The summed E-state index contributed by atoms with van der Waals surface area (Å²) in [6.45, 7) is 0. The Labute approximate surface area is 130 Å². The highest BCUT2D eigenvalue weighted by Gasteiger charge is 2.21. The third kappa shape index (κ3) is 2.48. The van der Waals surface area contributed by atoms with Gasteiger partial charge in [-0.3, -0.25) is 0 Å². The largest absolute Gasteiger partial charge is 0.380 e. The van der Waals surface area contributed by atoms with E-state index in [0.717, 1.165) is 0 Å². The fraction of sp³-hybridized carbons (Fsp3) is 0. The molecule has 3 rings (SSSR count). The van der Waals surface area contributed by atoms with Crippen molar-refractivity contribution < 1.29 is 8.91 Å². The molecule has 1 aromatic heterocycles. The molecule has 0 unspecified atom stereocenters. The number of nitrogens with two attached hydrogens (primary N) is 1.